The van der Waals surface area contributed by atoms with E-state index in [0.717, 1.165) is 0 Å². The van der Waals surface area contributed by atoms with E-state index in [1.165, 1.54) is 6.92 Å². The molecule has 0 radical (unpaired) electrons. The summed E-state index contributed by atoms with van der Waals surface area (Å²) in [6.45, 7) is 0.816. The molecule has 1 atom stereocenters. The monoisotopic (exact) mass is 126 g/mol. The van der Waals surface area contributed by atoms with E-state index in [4.69, 9.17) is 0 Å². The molecule has 0 fully saturated rings. The highest BCUT2D eigenvalue weighted by Crippen LogP contribution is 2.09. The fourth-order valence-corrected chi connectivity index (χ4v) is 0.367. The number of rotatable bonds is 3. The standard InChI is InChI=1S/C5H9F3/c1-4(3-6)2-5(7)8/h4-5H,2-3H2,1H3. The van der Waals surface area contributed by atoms with E-state index >= 15 is 0 Å². The molecule has 0 nitrogen and oxygen atoms in total. The molecular weight excluding hydrogens is 117 g/mol. The van der Waals surface area contributed by atoms with Gasteiger partial charge in [-0.2, -0.15) is 0 Å². The van der Waals surface area contributed by atoms with Gasteiger partial charge in [-0.25, -0.2) is 8.78 Å². The molecule has 1 unspecified atom stereocenters. The molecule has 0 aliphatic carbocycles. The predicted molar refractivity (Wildman–Crippen MR) is 25.8 cm³/mol. The molecule has 0 heterocycles. The lowest BCUT2D eigenvalue weighted by molar-refractivity contribution is 0.111. The summed E-state index contributed by atoms with van der Waals surface area (Å²) >= 11 is 0. The van der Waals surface area contributed by atoms with Crippen molar-refractivity contribution in [1.82, 2.24) is 0 Å². The minimum Gasteiger partial charge on any atom is -0.251 e. The lowest BCUT2D eigenvalue weighted by atomic mass is 10.1. The number of hydrogen-bond donors (Lipinski definition) is 0. The van der Waals surface area contributed by atoms with Gasteiger partial charge in [0, 0.05) is 6.42 Å². The van der Waals surface area contributed by atoms with Gasteiger partial charge in [-0.15, -0.1) is 0 Å². The van der Waals surface area contributed by atoms with Crippen LogP contribution in [0, 0.1) is 5.92 Å². The first-order chi connectivity index (χ1) is 3.66. The van der Waals surface area contributed by atoms with Crippen molar-refractivity contribution in [1.29, 1.82) is 0 Å². The van der Waals surface area contributed by atoms with Gasteiger partial charge in [-0.1, -0.05) is 6.92 Å². The SMILES string of the molecule is CC(CF)CC(F)F. The highest BCUT2D eigenvalue weighted by Gasteiger charge is 2.08. The maximum absolute atomic E-state index is 11.4. The minimum absolute atomic E-state index is 0.323. The normalized spacial score (nSPS) is 14.6. The van der Waals surface area contributed by atoms with E-state index in [9.17, 15) is 13.2 Å². The molecule has 3 heteroatoms. The van der Waals surface area contributed by atoms with Crippen molar-refractivity contribution in [3.05, 3.63) is 0 Å². The van der Waals surface area contributed by atoms with Gasteiger partial charge in [0.2, 0.25) is 6.43 Å². The van der Waals surface area contributed by atoms with Gasteiger partial charge in [-0.3, -0.25) is 4.39 Å². The van der Waals surface area contributed by atoms with Crippen molar-refractivity contribution in [2.24, 2.45) is 5.92 Å². The van der Waals surface area contributed by atoms with Crippen LogP contribution in [0.1, 0.15) is 13.3 Å². The Morgan fingerprint density at radius 2 is 1.88 bits per heavy atom. The van der Waals surface area contributed by atoms with Gasteiger partial charge in [0.15, 0.2) is 0 Å². The molecule has 0 saturated heterocycles. The number of halogens is 3. The van der Waals surface area contributed by atoms with E-state index in [0.29, 0.717) is 0 Å². The zero-order valence-corrected chi connectivity index (χ0v) is 4.70. The second-order valence-corrected chi connectivity index (χ2v) is 1.89. The van der Waals surface area contributed by atoms with Crippen LogP contribution in [0.5, 0.6) is 0 Å². The molecule has 0 spiro atoms. The van der Waals surface area contributed by atoms with E-state index in [-0.39, 0.29) is 6.42 Å². The molecule has 0 N–H and O–H groups in total. The van der Waals surface area contributed by atoms with Crippen molar-refractivity contribution in [2.75, 3.05) is 6.67 Å². The van der Waals surface area contributed by atoms with Crippen LogP contribution in [0.3, 0.4) is 0 Å². The predicted octanol–water partition coefficient (Wildman–Crippen LogP) is 2.25. The first kappa shape index (κ1) is 7.79. The summed E-state index contributed by atoms with van der Waals surface area (Å²) in [6.07, 6.45) is -2.68. The maximum Gasteiger partial charge on any atom is 0.239 e. The Kier molecular flexibility index (Phi) is 3.65. The van der Waals surface area contributed by atoms with Gasteiger partial charge in [0.25, 0.3) is 0 Å². The van der Waals surface area contributed by atoms with Gasteiger partial charge < -0.3 is 0 Å². The first-order valence-corrected chi connectivity index (χ1v) is 2.51. The minimum atomic E-state index is -2.36. The van der Waals surface area contributed by atoms with Gasteiger partial charge in [-0.05, 0) is 5.92 Å². The van der Waals surface area contributed by atoms with Crippen molar-refractivity contribution >= 4 is 0 Å². The van der Waals surface area contributed by atoms with Crippen molar-refractivity contribution in [3.8, 4) is 0 Å². The Morgan fingerprint density at radius 3 is 2.00 bits per heavy atom. The molecule has 0 aromatic rings. The van der Waals surface area contributed by atoms with Gasteiger partial charge in [0.05, 0.1) is 6.67 Å². The molecule has 8 heavy (non-hydrogen) atoms. The van der Waals surface area contributed by atoms with Crippen LogP contribution in [0.15, 0.2) is 0 Å². The van der Waals surface area contributed by atoms with Crippen LogP contribution in [-0.2, 0) is 0 Å². The lowest BCUT2D eigenvalue weighted by Gasteiger charge is -2.02. The van der Waals surface area contributed by atoms with Crippen molar-refractivity contribution < 1.29 is 13.2 Å². The highest BCUT2D eigenvalue weighted by atomic mass is 19.3. The zero-order valence-electron chi connectivity index (χ0n) is 4.70. The molecule has 0 aliphatic rings. The van der Waals surface area contributed by atoms with Crippen molar-refractivity contribution in [3.63, 3.8) is 0 Å². The Labute approximate surface area is 46.7 Å². The van der Waals surface area contributed by atoms with Crippen LogP contribution in [0.25, 0.3) is 0 Å². The molecule has 0 aromatic heterocycles. The average Bonchev–Trinajstić information content (AvgIpc) is 1.65. The largest absolute Gasteiger partial charge is 0.251 e. The molecule has 50 valence electrons. The fourth-order valence-electron chi connectivity index (χ4n) is 0.367. The Bertz CT molecular complexity index is 53.6. The summed E-state index contributed by atoms with van der Waals surface area (Å²) in [5.74, 6) is -0.491. The van der Waals surface area contributed by atoms with Crippen LogP contribution in [0.2, 0.25) is 0 Å². The number of hydrogen-bond acceptors (Lipinski definition) is 0. The Hall–Kier alpha value is -0.210. The number of alkyl halides is 3. The summed E-state index contributed by atoms with van der Waals surface area (Å²) < 4.78 is 34.0. The van der Waals surface area contributed by atoms with Gasteiger partial charge >= 0.3 is 0 Å². The topological polar surface area (TPSA) is 0 Å². The Morgan fingerprint density at radius 1 is 1.38 bits per heavy atom. The molecule has 0 aromatic carbocycles. The average molecular weight is 126 g/mol. The summed E-state index contributed by atoms with van der Waals surface area (Å²) in [7, 11) is 0. The molecule has 0 amide bonds. The molecule has 0 rings (SSSR count). The van der Waals surface area contributed by atoms with E-state index in [1.807, 2.05) is 0 Å². The molecule has 0 saturated carbocycles. The molecular formula is C5H9F3. The van der Waals surface area contributed by atoms with Crippen LogP contribution in [0.4, 0.5) is 13.2 Å². The summed E-state index contributed by atoms with van der Waals surface area (Å²) in [4.78, 5) is 0. The first-order valence-electron chi connectivity index (χ1n) is 2.51. The third-order valence-electron chi connectivity index (χ3n) is 0.844. The van der Waals surface area contributed by atoms with E-state index < -0.39 is 19.0 Å². The van der Waals surface area contributed by atoms with Gasteiger partial charge in [0.1, 0.15) is 0 Å². The highest BCUT2D eigenvalue weighted by molar-refractivity contribution is 4.50. The summed E-state index contributed by atoms with van der Waals surface area (Å²) in [5.41, 5.74) is 0. The summed E-state index contributed by atoms with van der Waals surface area (Å²) in [5, 5.41) is 0. The Balaban J connectivity index is 3.10. The second kappa shape index (κ2) is 3.75. The van der Waals surface area contributed by atoms with E-state index in [2.05, 4.69) is 0 Å². The van der Waals surface area contributed by atoms with E-state index in [1.54, 1.807) is 0 Å². The van der Waals surface area contributed by atoms with Crippen LogP contribution in [-0.4, -0.2) is 13.1 Å². The van der Waals surface area contributed by atoms with Crippen LogP contribution >= 0.6 is 0 Å². The lowest BCUT2D eigenvalue weighted by Crippen LogP contribution is -2.02. The maximum atomic E-state index is 11.4. The molecule has 0 bridgehead atoms. The summed E-state index contributed by atoms with van der Waals surface area (Å²) in [6, 6.07) is 0. The fraction of sp³-hybridized carbons (Fsp3) is 1.00. The second-order valence-electron chi connectivity index (χ2n) is 1.89. The zero-order chi connectivity index (χ0) is 6.57. The smallest absolute Gasteiger partial charge is 0.239 e. The quantitative estimate of drug-likeness (QED) is 0.544. The van der Waals surface area contributed by atoms with Crippen molar-refractivity contribution in [2.45, 2.75) is 19.8 Å². The van der Waals surface area contributed by atoms with Crippen LogP contribution < -0.4 is 0 Å². The third-order valence-corrected chi connectivity index (χ3v) is 0.844. The molecule has 0 aliphatic heterocycles. The third kappa shape index (κ3) is 3.96.